The van der Waals surface area contributed by atoms with Gasteiger partial charge in [0.1, 0.15) is 0 Å². The molecule has 4 aromatic carbocycles. The Hall–Kier alpha value is -6.24. The van der Waals surface area contributed by atoms with Crippen LogP contribution in [0.25, 0.3) is 0 Å². The van der Waals surface area contributed by atoms with Gasteiger partial charge in [0, 0.05) is 12.1 Å². The summed E-state index contributed by atoms with van der Waals surface area (Å²) < 4.78 is 173. The number of hydroxylamine groups is 4. The second-order valence-electron chi connectivity index (χ2n) is 12.2. The zero-order valence-corrected chi connectivity index (χ0v) is 31.8. The number of amides is 4. The largest absolute Gasteiger partial charge is 0.493 e. The third-order valence-electron chi connectivity index (χ3n) is 9.05. The second-order valence-corrected chi connectivity index (χ2v) is 15.2. The van der Waals surface area contributed by atoms with Gasteiger partial charge in [-0.15, -0.1) is 18.7 Å². The lowest BCUT2D eigenvalue weighted by molar-refractivity contribution is -0.288. The van der Waals surface area contributed by atoms with Gasteiger partial charge in [-0.1, -0.05) is 12.1 Å². The fourth-order valence-corrected chi connectivity index (χ4v) is 8.06. The molecule has 4 amide bonds. The summed E-state index contributed by atoms with van der Waals surface area (Å²) in [7, 11) is -5.44. The fourth-order valence-electron chi connectivity index (χ4n) is 6.25. The average molecular weight is 875 g/mol. The van der Waals surface area contributed by atoms with Gasteiger partial charge in [0.05, 0.1) is 60.5 Å². The van der Waals surface area contributed by atoms with Crippen molar-refractivity contribution in [1.29, 1.82) is 0 Å². The van der Waals surface area contributed by atoms with Crippen LogP contribution in [0.1, 0.15) is 52.6 Å². The maximum atomic E-state index is 15.2. The van der Waals surface area contributed by atoms with Crippen LogP contribution in [0.5, 0.6) is 23.0 Å². The van der Waals surface area contributed by atoms with Crippen LogP contribution >= 0.6 is 0 Å². The summed E-state index contributed by atoms with van der Waals surface area (Å²) in [4.78, 5) is 51.6. The van der Waals surface area contributed by atoms with E-state index in [1.807, 2.05) is 0 Å². The molecule has 0 radical (unpaired) electrons. The van der Waals surface area contributed by atoms with Gasteiger partial charge in [0.15, 0.2) is 23.0 Å². The molecule has 0 spiro atoms. The number of halogens is 6. The van der Waals surface area contributed by atoms with E-state index in [0.29, 0.717) is 12.1 Å². The van der Waals surface area contributed by atoms with E-state index in [2.05, 4.69) is 0 Å². The number of alkyl halides is 6. The number of rotatable bonds is 12. The Labute approximate surface area is 328 Å². The molecule has 0 bridgehead atoms. The summed E-state index contributed by atoms with van der Waals surface area (Å²) in [6, 6.07) is 7.14. The van der Waals surface area contributed by atoms with Crippen LogP contribution in [-0.2, 0) is 34.2 Å². The van der Waals surface area contributed by atoms with Gasteiger partial charge in [-0.25, -0.2) is 0 Å². The topological polar surface area (TPSA) is 198 Å². The van der Waals surface area contributed by atoms with E-state index in [4.69, 9.17) is 27.5 Å². The summed E-state index contributed by atoms with van der Waals surface area (Å²) >= 11 is 0. The van der Waals surface area contributed by atoms with Crippen molar-refractivity contribution in [1.82, 2.24) is 10.1 Å². The van der Waals surface area contributed by atoms with Gasteiger partial charge >= 0.3 is 32.6 Å². The Kier molecular flexibility index (Phi) is 10.4. The third kappa shape index (κ3) is 6.75. The molecule has 6 rings (SSSR count). The van der Waals surface area contributed by atoms with E-state index in [1.165, 1.54) is 14.2 Å². The Morgan fingerprint density at radius 3 is 1.07 bits per heavy atom. The Bertz CT molecular complexity index is 2500. The Morgan fingerprint density at radius 2 is 0.763 bits per heavy atom. The van der Waals surface area contributed by atoms with E-state index in [0.717, 1.165) is 50.6 Å². The summed E-state index contributed by atoms with van der Waals surface area (Å²) in [6.45, 7) is 0. The van der Waals surface area contributed by atoms with Crippen LogP contribution in [0.3, 0.4) is 0 Å². The lowest BCUT2D eigenvalue weighted by Crippen LogP contribution is -2.55. The van der Waals surface area contributed by atoms with Crippen LogP contribution in [-0.4, -0.2) is 91.4 Å². The van der Waals surface area contributed by atoms with Crippen LogP contribution in [0.2, 0.25) is 0 Å². The molecule has 2 aliphatic rings. The first-order chi connectivity index (χ1) is 27.5. The maximum Gasteiger partial charge on any atom is 0.411 e. The number of benzene rings is 4. The lowest BCUT2D eigenvalue weighted by Gasteiger charge is -2.38. The highest BCUT2D eigenvalue weighted by atomic mass is 32.2. The number of imide groups is 2. The average Bonchev–Trinajstić information content (AvgIpc) is 3.55. The minimum absolute atomic E-state index is 0.0499. The highest BCUT2D eigenvalue weighted by molar-refractivity contribution is 7.87. The Morgan fingerprint density at radius 1 is 0.441 bits per heavy atom. The molecule has 0 aliphatic carbocycles. The van der Waals surface area contributed by atoms with Gasteiger partial charge in [0.2, 0.25) is 5.41 Å². The molecule has 4 aromatic rings. The number of carbonyl (C=O) groups excluding carboxylic acids is 4. The molecule has 0 saturated heterocycles. The number of ether oxygens (including phenoxy) is 4. The van der Waals surface area contributed by atoms with Gasteiger partial charge < -0.3 is 18.9 Å². The monoisotopic (exact) mass is 874 g/mol. The van der Waals surface area contributed by atoms with Crippen molar-refractivity contribution in [2.45, 2.75) is 27.6 Å². The fraction of sp³-hybridized carbons (Fsp3) is 0.200. The molecule has 2 heterocycles. The van der Waals surface area contributed by atoms with Crippen LogP contribution in [0.4, 0.5) is 26.3 Å². The van der Waals surface area contributed by atoms with E-state index >= 15 is 26.3 Å². The summed E-state index contributed by atoms with van der Waals surface area (Å²) in [5.74, 6) is -6.86. The molecular formula is C35H24F6N2O14S2. The molecule has 0 atom stereocenters. The minimum Gasteiger partial charge on any atom is -0.493 e. The molecular weight excluding hydrogens is 851 g/mol. The van der Waals surface area contributed by atoms with Crippen molar-refractivity contribution in [3.05, 3.63) is 106 Å². The molecule has 312 valence electrons. The molecule has 0 aromatic heterocycles. The van der Waals surface area contributed by atoms with Crippen molar-refractivity contribution < 1.29 is 89.9 Å². The SMILES string of the molecule is COc1ccc(S(=O)(=O)ON2C(=O)c3ccc(C(c4ccc5c(c4)C(=O)N(OS(=O)(=O)c4ccc(OC)c(OC)c4)C5=O)(C(F)(F)F)C(F)(F)F)cc3C2=O)cc1OC. The zero-order valence-electron chi connectivity index (χ0n) is 30.1. The quantitative estimate of drug-likeness (QED) is 0.137. The van der Waals surface area contributed by atoms with Crippen LogP contribution in [0, 0.1) is 0 Å². The normalized spacial score (nSPS) is 14.7. The number of methoxy groups -OCH3 is 4. The van der Waals surface area contributed by atoms with E-state index in [9.17, 15) is 36.0 Å². The molecule has 0 saturated carbocycles. The first kappa shape index (κ1) is 42.4. The second kappa shape index (κ2) is 14.5. The Balaban J connectivity index is 1.39. The van der Waals surface area contributed by atoms with Gasteiger partial charge in [0.25, 0.3) is 23.6 Å². The molecule has 16 nitrogen and oxygen atoms in total. The highest BCUT2D eigenvalue weighted by Gasteiger charge is 2.73. The highest BCUT2D eigenvalue weighted by Crippen LogP contribution is 2.57. The minimum atomic E-state index is -6.37. The maximum absolute atomic E-state index is 15.2. The van der Waals surface area contributed by atoms with Crippen molar-refractivity contribution in [3.8, 4) is 23.0 Å². The number of hydrogen-bond donors (Lipinski definition) is 0. The molecule has 0 fully saturated rings. The van der Waals surface area contributed by atoms with Gasteiger partial charge in [-0.05, 0) is 59.7 Å². The summed E-state index contributed by atoms with van der Waals surface area (Å²) in [6.07, 6.45) is -12.7. The van der Waals surface area contributed by atoms with Crippen molar-refractivity contribution in [3.63, 3.8) is 0 Å². The number of nitrogens with zero attached hydrogens (tertiary/aromatic N) is 2. The van der Waals surface area contributed by atoms with Crippen LogP contribution < -0.4 is 18.9 Å². The molecule has 59 heavy (non-hydrogen) atoms. The number of carbonyl (C=O) groups is 4. The van der Waals surface area contributed by atoms with Gasteiger partial charge in [-0.3, -0.25) is 19.2 Å². The first-order valence-corrected chi connectivity index (χ1v) is 18.8. The summed E-state index contributed by atoms with van der Waals surface area (Å²) in [5.41, 5.74) is -12.6. The lowest BCUT2D eigenvalue weighted by atomic mass is 9.71. The first-order valence-electron chi connectivity index (χ1n) is 16.0. The summed E-state index contributed by atoms with van der Waals surface area (Å²) in [5, 5.41) is -0.763. The molecule has 2 aliphatic heterocycles. The number of fused-ring (bicyclic) bond motifs is 2. The van der Waals surface area contributed by atoms with Crippen molar-refractivity contribution >= 4 is 43.9 Å². The standard InChI is InChI=1S/C35H24F6N2O14S2/c1-52-25-11-7-19(15-27(25)54-3)58(48,49)56-42-29(44)21-9-5-17(13-23(21)31(42)46)33(34(36,37)38,35(39,40)41)18-6-10-22-24(14-18)32(47)43(30(22)45)57-59(50,51)20-8-12-26(53-2)28(16-20)55-4/h5-16H,1-4H3. The van der Waals surface area contributed by atoms with Crippen LogP contribution in [0.15, 0.2) is 82.6 Å². The van der Waals surface area contributed by atoms with E-state index in [-0.39, 0.29) is 57.4 Å². The predicted molar refractivity (Wildman–Crippen MR) is 182 cm³/mol. The van der Waals surface area contributed by atoms with E-state index < -0.39 is 105 Å². The number of hydrogen-bond acceptors (Lipinski definition) is 14. The van der Waals surface area contributed by atoms with Crippen molar-refractivity contribution in [2.75, 3.05) is 28.4 Å². The molecule has 0 unspecified atom stereocenters. The smallest absolute Gasteiger partial charge is 0.411 e. The molecule has 0 N–H and O–H groups in total. The molecule has 24 heteroatoms. The van der Waals surface area contributed by atoms with Gasteiger partial charge in [-0.2, -0.15) is 43.2 Å². The van der Waals surface area contributed by atoms with Crippen molar-refractivity contribution in [2.24, 2.45) is 0 Å². The van der Waals surface area contributed by atoms with E-state index in [1.54, 1.807) is 0 Å². The predicted octanol–water partition coefficient (Wildman–Crippen LogP) is 4.96. The third-order valence-corrected chi connectivity index (χ3v) is 11.4. The zero-order chi connectivity index (χ0) is 43.6.